The van der Waals surface area contributed by atoms with Crippen LogP contribution < -0.4 is 40.4 Å². The van der Waals surface area contributed by atoms with E-state index in [4.69, 9.17) is 5.73 Å². The predicted molar refractivity (Wildman–Crippen MR) is 48.3 cm³/mol. The standard InChI is InChI=1S/C9H7N3O2.Na/c10-8-7(9(13)14)11-5-3-1-2-4-6(5)12-8;/h1-4H,(H2,10,12)(H,13,14);/q;+1/p-1. The van der Waals surface area contributed by atoms with Gasteiger partial charge < -0.3 is 15.6 Å². The Balaban J connectivity index is 0.00000112. The summed E-state index contributed by atoms with van der Waals surface area (Å²) in [6, 6.07) is 6.88. The van der Waals surface area contributed by atoms with E-state index in [0.717, 1.165) is 0 Å². The number of rotatable bonds is 1. The molecule has 0 aliphatic carbocycles. The van der Waals surface area contributed by atoms with E-state index in [1.807, 2.05) is 0 Å². The Bertz CT molecular complexity index is 516. The first-order valence-electron chi connectivity index (χ1n) is 3.92. The van der Waals surface area contributed by atoms with Gasteiger partial charge in [0.05, 0.1) is 17.0 Å². The zero-order chi connectivity index (χ0) is 10.1. The van der Waals surface area contributed by atoms with E-state index in [1.165, 1.54) is 0 Å². The van der Waals surface area contributed by atoms with Gasteiger partial charge >= 0.3 is 29.6 Å². The number of anilines is 1. The van der Waals surface area contributed by atoms with Crippen LogP contribution in [0.15, 0.2) is 24.3 Å². The monoisotopic (exact) mass is 211 g/mol. The molecule has 0 saturated carbocycles. The van der Waals surface area contributed by atoms with E-state index >= 15 is 0 Å². The number of hydrogen-bond donors (Lipinski definition) is 1. The normalized spacial score (nSPS) is 9.60. The fourth-order valence-corrected chi connectivity index (χ4v) is 1.16. The maximum absolute atomic E-state index is 10.6. The molecule has 5 nitrogen and oxygen atoms in total. The van der Waals surface area contributed by atoms with E-state index in [2.05, 4.69) is 9.97 Å². The smallest absolute Gasteiger partial charge is 0.543 e. The van der Waals surface area contributed by atoms with Crippen molar-refractivity contribution in [1.82, 2.24) is 9.97 Å². The van der Waals surface area contributed by atoms with Crippen LogP contribution in [0.5, 0.6) is 0 Å². The van der Waals surface area contributed by atoms with Gasteiger partial charge in [-0.15, -0.1) is 0 Å². The van der Waals surface area contributed by atoms with E-state index in [0.29, 0.717) is 11.0 Å². The van der Waals surface area contributed by atoms with Gasteiger partial charge in [-0.25, -0.2) is 9.97 Å². The minimum atomic E-state index is -1.42. The summed E-state index contributed by atoms with van der Waals surface area (Å²) in [7, 11) is 0. The first-order valence-corrected chi connectivity index (χ1v) is 3.92. The Labute approximate surface area is 108 Å². The third kappa shape index (κ3) is 2.26. The number of carboxylic acids is 1. The van der Waals surface area contributed by atoms with E-state index < -0.39 is 5.97 Å². The number of carboxylic acid groups (broad SMARTS) is 1. The predicted octanol–water partition coefficient (Wildman–Crippen LogP) is -3.42. The molecule has 6 heteroatoms. The van der Waals surface area contributed by atoms with Crippen molar-refractivity contribution in [1.29, 1.82) is 0 Å². The van der Waals surface area contributed by atoms with Crippen LogP contribution in [0.4, 0.5) is 5.82 Å². The Morgan fingerprint density at radius 1 is 1.20 bits per heavy atom. The average Bonchev–Trinajstić information content (AvgIpc) is 2.16. The van der Waals surface area contributed by atoms with Crippen LogP contribution >= 0.6 is 0 Å². The Kier molecular flexibility index (Phi) is 3.62. The molecule has 0 unspecified atom stereocenters. The molecule has 2 rings (SSSR count). The minimum Gasteiger partial charge on any atom is -0.543 e. The topological polar surface area (TPSA) is 91.9 Å². The van der Waals surface area contributed by atoms with E-state index in [9.17, 15) is 9.90 Å². The van der Waals surface area contributed by atoms with E-state index in [-0.39, 0.29) is 41.1 Å². The van der Waals surface area contributed by atoms with Crippen LogP contribution in [-0.2, 0) is 0 Å². The summed E-state index contributed by atoms with van der Waals surface area (Å²) in [6.45, 7) is 0. The summed E-state index contributed by atoms with van der Waals surface area (Å²) in [5.74, 6) is -1.54. The number of para-hydroxylation sites is 2. The van der Waals surface area contributed by atoms with Crippen LogP contribution in [0.2, 0.25) is 0 Å². The summed E-state index contributed by atoms with van der Waals surface area (Å²) in [4.78, 5) is 18.3. The molecule has 1 heterocycles. The van der Waals surface area contributed by atoms with Crippen molar-refractivity contribution in [3.8, 4) is 0 Å². The van der Waals surface area contributed by atoms with E-state index in [1.54, 1.807) is 24.3 Å². The van der Waals surface area contributed by atoms with Gasteiger partial charge in [0, 0.05) is 0 Å². The van der Waals surface area contributed by atoms with Gasteiger partial charge in [-0.05, 0) is 12.1 Å². The number of hydrogen-bond acceptors (Lipinski definition) is 5. The number of nitrogens with zero attached hydrogens (tertiary/aromatic N) is 2. The van der Waals surface area contributed by atoms with Gasteiger partial charge in [-0.2, -0.15) is 0 Å². The van der Waals surface area contributed by atoms with Gasteiger partial charge in [0.2, 0.25) is 0 Å². The number of nitrogen functional groups attached to an aromatic ring is 1. The van der Waals surface area contributed by atoms with Gasteiger partial charge in [0.15, 0.2) is 5.82 Å². The third-order valence-corrected chi connectivity index (χ3v) is 1.79. The molecule has 0 spiro atoms. The molecule has 15 heavy (non-hydrogen) atoms. The molecular weight excluding hydrogens is 205 g/mol. The van der Waals surface area contributed by atoms with Crippen molar-refractivity contribution < 1.29 is 39.5 Å². The maximum Gasteiger partial charge on any atom is 1.00 e. The molecule has 0 fully saturated rings. The van der Waals surface area contributed by atoms with Crippen molar-refractivity contribution in [2.45, 2.75) is 0 Å². The van der Waals surface area contributed by atoms with Crippen molar-refractivity contribution in [2.75, 3.05) is 5.73 Å². The summed E-state index contributed by atoms with van der Waals surface area (Å²) < 4.78 is 0. The molecule has 2 aromatic rings. The molecule has 0 aliphatic heterocycles. The number of carbonyl (C=O) groups excluding carboxylic acids is 1. The summed E-state index contributed by atoms with van der Waals surface area (Å²) >= 11 is 0. The number of fused-ring (bicyclic) bond motifs is 1. The second kappa shape index (κ2) is 4.57. The molecule has 1 aromatic heterocycles. The molecule has 0 atom stereocenters. The van der Waals surface area contributed by atoms with Gasteiger partial charge in [-0.1, -0.05) is 12.1 Å². The number of aromatic carboxylic acids is 1. The van der Waals surface area contributed by atoms with Gasteiger partial charge in [0.1, 0.15) is 5.69 Å². The average molecular weight is 211 g/mol. The molecular formula is C9H6N3NaO2. The zero-order valence-electron chi connectivity index (χ0n) is 8.10. The SMILES string of the molecule is Nc1nc2ccccc2nc1C(=O)[O-].[Na+]. The Morgan fingerprint density at radius 2 is 1.73 bits per heavy atom. The van der Waals surface area contributed by atoms with Crippen LogP contribution in [0, 0.1) is 0 Å². The molecule has 70 valence electrons. The second-order valence-electron chi connectivity index (χ2n) is 2.73. The van der Waals surface area contributed by atoms with Crippen LogP contribution in [0.25, 0.3) is 11.0 Å². The Hall–Kier alpha value is -1.17. The number of aromatic nitrogens is 2. The van der Waals surface area contributed by atoms with Crippen molar-refractivity contribution in [2.24, 2.45) is 0 Å². The number of benzene rings is 1. The molecule has 0 amide bonds. The largest absolute Gasteiger partial charge is 1.00 e. The second-order valence-corrected chi connectivity index (χ2v) is 2.73. The van der Waals surface area contributed by atoms with Gasteiger partial charge in [-0.3, -0.25) is 0 Å². The van der Waals surface area contributed by atoms with Crippen molar-refractivity contribution >= 4 is 22.8 Å². The maximum atomic E-state index is 10.6. The van der Waals surface area contributed by atoms with Crippen molar-refractivity contribution in [3.05, 3.63) is 30.0 Å². The fourth-order valence-electron chi connectivity index (χ4n) is 1.16. The molecule has 0 aliphatic rings. The molecule has 1 aromatic carbocycles. The number of nitrogens with two attached hydrogens (primary N) is 1. The molecule has 0 saturated heterocycles. The van der Waals surface area contributed by atoms with Crippen LogP contribution in [0.1, 0.15) is 10.5 Å². The Morgan fingerprint density at radius 3 is 2.27 bits per heavy atom. The molecule has 0 radical (unpaired) electrons. The van der Waals surface area contributed by atoms with Crippen molar-refractivity contribution in [3.63, 3.8) is 0 Å². The first-order chi connectivity index (χ1) is 6.68. The van der Waals surface area contributed by atoms with Gasteiger partial charge in [0.25, 0.3) is 0 Å². The zero-order valence-corrected chi connectivity index (χ0v) is 10.1. The molecule has 2 N–H and O–H groups in total. The minimum absolute atomic E-state index is 0. The third-order valence-electron chi connectivity index (χ3n) is 1.79. The van der Waals surface area contributed by atoms with Crippen LogP contribution in [0.3, 0.4) is 0 Å². The summed E-state index contributed by atoms with van der Waals surface area (Å²) in [6.07, 6.45) is 0. The fraction of sp³-hybridized carbons (Fsp3) is 0. The number of carbonyl (C=O) groups is 1. The quantitative estimate of drug-likeness (QED) is 0.496. The summed E-state index contributed by atoms with van der Waals surface area (Å²) in [5, 5.41) is 10.6. The van der Waals surface area contributed by atoms with Crippen LogP contribution in [-0.4, -0.2) is 15.9 Å². The molecule has 0 bridgehead atoms. The first kappa shape index (κ1) is 11.9. The summed E-state index contributed by atoms with van der Waals surface area (Å²) in [5.41, 5.74) is 6.13.